The molecule has 10 nitrogen and oxygen atoms in total. The van der Waals surface area contributed by atoms with Gasteiger partial charge in [-0.25, -0.2) is 4.79 Å². The highest BCUT2D eigenvalue weighted by Gasteiger charge is 2.64. The van der Waals surface area contributed by atoms with Crippen LogP contribution in [0.5, 0.6) is 5.75 Å². The van der Waals surface area contributed by atoms with Crippen LogP contribution in [0, 0.1) is 10.1 Å². The minimum atomic E-state index is -1.30. The van der Waals surface area contributed by atoms with Crippen molar-refractivity contribution < 1.29 is 24.0 Å². The van der Waals surface area contributed by atoms with Crippen LogP contribution in [0.2, 0.25) is 0 Å². The number of methoxy groups -OCH3 is 1. The van der Waals surface area contributed by atoms with Gasteiger partial charge in [0.15, 0.2) is 0 Å². The number of ether oxygens (including phenoxy) is 2. The van der Waals surface area contributed by atoms with Crippen molar-refractivity contribution in [2.75, 3.05) is 26.7 Å². The molecule has 0 unspecified atom stereocenters. The second kappa shape index (κ2) is 11.2. The van der Waals surface area contributed by atoms with Crippen LogP contribution in [-0.2, 0) is 21.9 Å². The van der Waals surface area contributed by atoms with E-state index in [2.05, 4.69) is 0 Å². The zero-order valence-corrected chi connectivity index (χ0v) is 22.7. The van der Waals surface area contributed by atoms with Crippen molar-refractivity contribution in [3.8, 4) is 5.75 Å². The molecule has 2 N–H and O–H groups in total. The van der Waals surface area contributed by atoms with Crippen LogP contribution in [0.1, 0.15) is 37.8 Å². The Kier molecular flexibility index (Phi) is 8.17. The molecular weight excluding hydrogens is 508 g/mol. The SMILES string of the molecule is COc1ccc(CS[C@H]2CN(C(=O)OCc3ccc([N+](=O)[O-])cc3)[C@](C)(C(=O)N3CCCC3)[C@@]2(C)N)cc1. The van der Waals surface area contributed by atoms with Crippen LogP contribution in [0.15, 0.2) is 48.5 Å². The number of rotatable bonds is 8. The van der Waals surface area contributed by atoms with Crippen molar-refractivity contribution in [1.82, 2.24) is 9.80 Å². The lowest BCUT2D eigenvalue weighted by molar-refractivity contribution is -0.384. The van der Waals surface area contributed by atoms with Crippen LogP contribution in [0.25, 0.3) is 0 Å². The average molecular weight is 543 g/mol. The molecule has 38 heavy (non-hydrogen) atoms. The first-order valence-corrected chi connectivity index (χ1v) is 13.6. The first kappa shape index (κ1) is 27.7. The number of carbonyl (C=O) groups is 2. The standard InChI is InChI=1S/C27H34N4O6S/c1-26(28)23(38-18-20-8-12-22(36-3)13-9-20)16-30(27(26,2)24(32)29-14-4-5-15-29)25(33)37-17-19-6-10-21(11-7-19)31(34)35/h6-13,23H,4-5,14-18,28H2,1-3H3/t23-,26-,27+/m0/s1. The maximum absolute atomic E-state index is 13.9. The fourth-order valence-corrected chi connectivity index (χ4v) is 6.47. The number of benzene rings is 2. The molecule has 11 heteroatoms. The summed E-state index contributed by atoms with van der Waals surface area (Å²) >= 11 is 1.61. The fourth-order valence-electron chi connectivity index (χ4n) is 5.05. The molecule has 2 fully saturated rings. The monoisotopic (exact) mass is 542 g/mol. The summed E-state index contributed by atoms with van der Waals surface area (Å²) < 4.78 is 10.9. The minimum Gasteiger partial charge on any atom is -0.497 e. The van der Waals surface area contributed by atoms with E-state index in [1.54, 1.807) is 42.8 Å². The second-order valence-corrected chi connectivity index (χ2v) is 11.3. The number of thioether (sulfide) groups is 1. The lowest BCUT2D eigenvalue weighted by atomic mass is 9.79. The van der Waals surface area contributed by atoms with Crippen molar-refractivity contribution in [3.63, 3.8) is 0 Å². The molecule has 2 aliphatic heterocycles. The van der Waals surface area contributed by atoms with Crippen molar-refractivity contribution in [2.24, 2.45) is 5.73 Å². The van der Waals surface area contributed by atoms with Crippen LogP contribution < -0.4 is 10.5 Å². The number of amides is 2. The largest absolute Gasteiger partial charge is 0.497 e. The molecular formula is C27H34N4O6S. The highest BCUT2D eigenvalue weighted by molar-refractivity contribution is 7.99. The van der Waals surface area contributed by atoms with Gasteiger partial charge in [-0.1, -0.05) is 12.1 Å². The highest BCUT2D eigenvalue weighted by Crippen LogP contribution is 2.45. The molecule has 2 heterocycles. The third-order valence-electron chi connectivity index (χ3n) is 7.76. The van der Waals surface area contributed by atoms with Crippen molar-refractivity contribution in [3.05, 3.63) is 69.8 Å². The minimum absolute atomic E-state index is 0.0426. The first-order valence-electron chi connectivity index (χ1n) is 12.6. The maximum Gasteiger partial charge on any atom is 0.411 e. The Morgan fingerprint density at radius 2 is 1.68 bits per heavy atom. The number of hydrogen-bond acceptors (Lipinski definition) is 8. The van der Waals surface area contributed by atoms with Gasteiger partial charge in [0.2, 0.25) is 5.91 Å². The van der Waals surface area contributed by atoms with Gasteiger partial charge in [0.1, 0.15) is 17.9 Å². The summed E-state index contributed by atoms with van der Waals surface area (Å²) in [5.41, 5.74) is 6.27. The van der Waals surface area contributed by atoms with Crippen LogP contribution in [-0.4, -0.2) is 69.8 Å². The number of carbonyl (C=O) groups excluding carboxylic acids is 2. The van der Waals surface area contributed by atoms with E-state index < -0.39 is 22.1 Å². The van der Waals surface area contributed by atoms with Crippen LogP contribution >= 0.6 is 11.8 Å². The van der Waals surface area contributed by atoms with Gasteiger partial charge in [0, 0.05) is 42.8 Å². The fraction of sp³-hybridized carbons (Fsp3) is 0.481. The highest BCUT2D eigenvalue weighted by atomic mass is 32.2. The molecule has 2 aromatic rings. The average Bonchev–Trinajstić information content (AvgIpc) is 3.52. The third kappa shape index (κ3) is 5.30. The third-order valence-corrected chi connectivity index (χ3v) is 9.30. The summed E-state index contributed by atoms with van der Waals surface area (Å²) in [6, 6.07) is 13.6. The zero-order chi connectivity index (χ0) is 27.5. The van der Waals surface area contributed by atoms with Gasteiger partial charge in [-0.05, 0) is 62.1 Å². The van der Waals surface area contributed by atoms with E-state index in [0.717, 1.165) is 24.2 Å². The zero-order valence-electron chi connectivity index (χ0n) is 21.9. The molecule has 0 spiro atoms. The molecule has 0 saturated carbocycles. The lowest BCUT2D eigenvalue weighted by Gasteiger charge is -2.44. The quantitative estimate of drug-likeness (QED) is 0.392. The van der Waals surface area contributed by atoms with Crippen molar-refractivity contribution in [2.45, 2.75) is 55.4 Å². The Balaban J connectivity index is 1.53. The number of likely N-dealkylation sites (tertiary alicyclic amines) is 2. The van der Waals surface area contributed by atoms with E-state index >= 15 is 0 Å². The van der Waals surface area contributed by atoms with Gasteiger partial charge in [0.05, 0.1) is 17.6 Å². The summed E-state index contributed by atoms with van der Waals surface area (Å²) in [5.74, 6) is 1.26. The summed E-state index contributed by atoms with van der Waals surface area (Å²) in [4.78, 5) is 41.0. The van der Waals surface area contributed by atoms with E-state index in [1.165, 1.54) is 17.0 Å². The second-order valence-electron chi connectivity index (χ2n) is 10.1. The topological polar surface area (TPSA) is 128 Å². The molecule has 0 radical (unpaired) electrons. The summed E-state index contributed by atoms with van der Waals surface area (Å²) in [6.07, 6.45) is 1.20. The van der Waals surface area contributed by atoms with Crippen molar-refractivity contribution >= 4 is 29.4 Å². The van der Waals surface area contributed by atoms with E-state index in [9.17, 15) is 19.7 Å². The summed E-state index contributed by atoms with van der Waals surface area (Å²) in [5, 5.41) is 10.7. The Morgan fingerprint density at radius 1 is 1.08 bits per heavy atom. The Bertz CT molecular complexity index is 1170. The molecule has 0 aliphatic carbocycles. The van der Waals surface area contributed by atoms with Gasteiger partial charge in [0.25, 0.3) is 5.69 Å². The first-order chi connectivity index (χ1) is 18.1. The number of non-ortho nitro benzene ring substituents is 1. The van der Waals surface area contributed by atoms with Crippen LogP contribution in [0.4, 0.5) is 10.5 Å². The summed E-state index contributed by atoms with van der Waals surface area (Å²) in [7, 11) is 1.62. The molecule has 2 aromatic carbocycles. The van der Waals surface area contributed by atoms with E-state index in [4.69, 9.17) is 15.2 Å². The van der Waals surface area contributed by atoms with E-state index in [1.807, 2.05) is 31.2 Å². The molecule has 2 saturated heterocycles. The van der Waals surface area contributed by atoms with E-state index in [-0.39, 0.29) is 30.0 Å². The Morgan fingerprint density at radius 3 is 2.26 bits per heavy atom. The molecule has 0 bridgehead atoms. The molecule has 0 aromatic heterocycles. The molecule has 4 rings (SSSR count). The Hall–Kier alpha value is -3.31. The maximum atomic E-state index is 13.9. The smallest absolute Gasteiger partial charge is 0.411 e. The summed E-state index contributed by atoms with van der Waals surface area (Å²) in [6.45, 7) is 5.04. The van der Waals surface area contributed by atoms with Crippen molar-refractivity contribution in [1.29, 1.82) is 0 Å². The molecule has 204 valence electrons. The number of nitro benzene ring substituents is 1. The van der Waals surface area contributed by atoms with Gasteiger partial charge in [-0.3, -0.25) is 19.8 Å². The molecule has 2 aliphatic rings. The predicted octanol–water partition coefficient (Wildman–Crippen LogP) is 3.96. The normalized spacial score (nSPS) is 24.9. The number of nitrogens with two attached hydrogens (primary N) is 1. The van der Waals surface area contributed by atoms with E-state index in [0.29, 0.717) is 24.4 Å². The Labute approximate surface area is 226 Å². The molecule has 3 atom stereocenters. The number of nitro groups is 1. The van der Waals surface area contributed by atoms with Gasteiger partial charge in [-0.2, -0.15) is 0 Å². The van der Waals surface area contributed by atoms with Crippen LogP contribution in [0.3, 0.4) is 0 Å². The van der Waals surface area contributed by atoms with Gasteiger partial charge < -0.3 is 20.1 Å². The predicted molar refractivity (Wildman–Crippen MR) is 145 cm³/mol. The van der Waals surface area contributed by atoms with Gasteiger partial charge in [-0.15, -0.1) is 11.8 Å². The lowest BCUT2D eigenvalue weighted by Crippen LogP contribution is -2.69. The van der Waals surface area contributed by atoms with Gasteiger partial charge >= 0.3 is 6.09 Å². The number of hydrogen-bond donors (Lipinski definition) is 1. The number of nitrogens with zero attached hydrogens (tertiary/aromatic N) is 3. The molecule has 2 amide bonds.